The summed E-state index contributed by atoms with van der Waals surface area (Å²) in [4.78, 5) is 17.5. The summed E-state index contributed by atoms with van der Waals surface area (Å²) in [5.74, 6) is 0.804. The predicted molar refractivity (Wildman–Crippen MR) is 120 cm³/mol. The zero-order chi connectivity index (χ0) is 20.5. The number of nitrogens with zero attached hydrogens (tertiary/aromatic N) is 6. The van der Waals surface area contributed by atoms with Crippen molar-refractivity contribution in [1.29, 1.82) is 0 Å². The lowest BCUT2D eigenvalue weighted by atomic mass is 10.1. The molecule has 30 heavy (non-hydrogen) atoms. The molecular formula is C22H24ClN7. The lowest BCUT2D eigenvalue weighted by molar-refractivity contribution is 0.271. The minimum absolute atomic E-state index is 0.653. The van der Waals surface area contributed by atoms with Crippen LogP contribution in [-0.4, -0.2) is 62.4 Å². The van der Waals surface area contributed by atoms with Crippen molar-refractivity contribution in [3.05, 3.63) is 59.5 Å². The van der Waals surface area contributed by atoms with Crippen LogP contribution in [0.15, 0.2) is 48.9 Å². The van der Waals surface area contributed by atoms with Gasteiger partial charge in [0.05, 0.1) is 23.5 Å². The number of halogens is 1. The largest absolute Gasteiger partial charge is 0.366 e. The van der Waals surface area contributed by atoms with Gasteiger partial charge in [-0.15, -0.1) is 0 Å². The maximum absolute atomic E-state index is 6.57. The van der Waals surface area contributed by atoms with Crippen LogP contribution in [0.5, 0.6) is 0 Å². The summed E-state index contributed by atoms with van der Waals surface area (Å²) in [5, 5.41) is 4.92. The highest BCUT2D eigenvalue weighted by Crippen LogP contribution is 2.34. The molecule has 0 spiro atoms. The van der Waals surface area contributed by atoms with Crippen LogP contribution in [0.4, 0.5) is 5.69 Å². The molecular weight excluding hydrogens is 398 g/mol. The van der Waals surface area contributed by atoms with Crippen molar-refractivity contribution in [2.75, 3.05) is 37.6 Å². The first-order valence-corrected chi connectivity index (χ1v) is 10.7. The second kappa shape index (κ2) is 8.08. The van der Waals surface area contributed by atoms with Crippen LogP contribution >= 0.6 is 11.6 Å². The summed E-state index contributed by atoms with van der Waals surface area (Å²) in [6, 6.07) is 10.3. The van der Waals surface area contributed by atoms with E-state index < -0.39 is 0 Å². The third-order valence-electron chi connectivity index (χ3n) is 5.71. The van der Waals surface area contributed by atoms with Gasteiger partial charge >= 0.3 is 0 Å². The molecule has 1 saturated heterocycles. The molecule has 0 bridgehead atoms. The van der Waals surface area contributed by atoms with E-state index in [1.165, 1.54) is 5.56 Å². The second-order valence-electron chi connectivity index (χ2n) is 7.56. The fraction of sp³-hybridized carbons (Fsp3) is 0.318. The van der Waals surface area contributed by atoms with Gasteiger partial charge in [0.2, 0.25) is 0 Å². The predicted octanol–water partition coefficient (Wildman–Crippen LogP) is 3.67. The number of aromatic amines is 1. The third kappa shape index (κ3) is 3.66. The Morgan fingerprint density at radius 2 is 1.90 bits per heavy atom. The number of hydrogen-bond donors (Lipinski definition) is 1. The maximum Gasteiger partial charge on any atom is 0.159 e. The van der Waals surface area contributed by atoms with E-state index in [1.807, 2.05) is 16.9 Å². The van der Waals surface area contributed by atoms with Gasteiger partial charge in [-0.1, -0.05) is 42.8 Å². The Kier molecular flexibility index (Phi) is 5.14. The molecule has 1 N–H and O–H groups in total. The molecule has 5 rings (SSSR count). The van der Waals surface area contributed by atoms with Crippen molar-refractivity contribution in [3.63, 3.8) is 0 Å². The Balaban J connectivity index is 1.43. The van der Waals surface area contributed by atoms with Crippen LogP contribution in [0.1, 0.15) is 12.5 Å². The highest BCUT2D eigenvalue weighted by molar-refractivity contribution is 6.34. The molecule has 0 radical (unpaired) electrons. The highest BCUT2D eigenvalue weighted by Gasteiger charge is 2.22. The van der Waals surface area contributed by atoms with Crippen molar-refractivity contribution in [3.8, 4) is 11.4 Å². The van der Waals surface area contributed by atoms with Gasteiger partial charge in [0, 0.05) is 44.1 Å². The van der Waals surface area contributed by atoms with E-state index in [0.29, 0.717) is 5.02 Å². The molecule has 1 aliphatic heterocycles. The summed E-state index contributed by atoms with van der Waals surface area (Å²) >= 11 is 6.57. The first-order valence-electron chi connectivity index (χ1n) is 10.3. The quantitative estimate of drug-likeness (QED) is 0.532. The molecule has 8 heteroatoms. The number of aromatic nitrogens is 5. The third-order valence-corrected chi connectivity index (χ3v) is 5.99. The average molecular weight is 422 g/mol. The van der Waals surface area contributed by atoms with Crippen molar-refractivity contribution in [2.45, 2.75) is 13.5 Å². The SMILES string of the molecule is CCN1CCN(c2c(Cl)cnc3[nH]c(-c4ccc(Cn5cccn5)cc4)nc23)CC1. The molecule has 0 atom stereocenters. The molecule has 0 amide bonds. The minimum Gasteiger partial charge on any atom is -0.366 e. The van der Waals surface area contributed by atoms with E-state index in [0.717, 1.165) is 67.5 Å². The van der Waals surface area contributed by atoms with E-state index >= 15 is 0 Å². The fourth-order valence-electron chi connectivity index (χ4n) is 3.99. The number of pyridine rings is 1. The van der Waals surface area contributed by atoms with Crippen molar-refractivity contribution >= 4 is 28.5 Å². The van der Waals surface area contributed by atoms with Gasteiger partial charge in [-0.05, 0) is 18.2 Å². The zero-order valence-electron chi connectivity index (χ0n) is 16.9. The van der Waals surface area contributed by atoms with Crippen molar-refractivity contribution in [2.24, 2.45) is 0 Å². The summed E-state index contributed by atoms with van der Waals surface area (Å²) in [7, 11) is 0. The van der Waals surface area contributed by atoms with Crippen LogP contribution in [0, 0.1) is 0 Å². The zero-order valence-corrected chi connectivity index (χ0v) is 17.7. The number of hydrogen-bond acceptors (Lipinski definition) is 5. The number of nitrogens with one attached hydrogen (secondary N) is 1. The van der Waals surface area contributed by atoms with E-state index in [4.69, 9.17) is 16.6 Å². The fourth-order valence-corrected chi connectivity index (χ4v) is 4.25. The normalized spacial score (nSPS) is 15.2. The van der Waals surface area contributed by atoms with Crippen LogP contribution in [0.2, 0.25) is 5.02 Å². The van der Waals surface area contributed by atoms with Gasteiger partial charge in [-0.3, -0.25) is 4.68 Å². The molecule has 0 aliphatic carbocycles. The number of fused-ring (bicyclic) bond motifs is 1. The van der Waals surface area contributed by atoms with Gasteiger partial charge in [-0.2, -0.15) is 5.10 Å². The first-order chi connectivity index (χ1) is 14.7. The van der Waals surface area contributed by atoms with Gasteiger partial charge in [0.1, 0.15) is 11.3 Å². The Morgan fingerprint density at radius 3 is 2.60 bits per heavy atom. The Labute approximate surface area is 180 Å². The van der Waals surface area contributed by atoms with Gasteiger partial charge in [0.25, 0.3) is 0 Å². The molecule has 0 unspecified atom stereocenters. The average Bonchev–Trinajstić information content (AvgIpc) is 3.44. The second-order valence-corrected chi connectivity index (χ2v) is 7.97. The Morgan fingerprint density at radius 1 is 1.10 bits per heavy atom. The number of likely N-dealkylation sites (N-methyl/N-ethyl adjacent to an activating group) is 1. The van der Waals surface area contributed by atoms with E-state index in [2.05, 4.69) is 56.1 Å². The summed E-state index contributed by atoms with van der Waals surface area (Å²) < 4.78 is 1.91. The van der Waals surface area contributed by atoms with Crippen molar-refractivity contribution in [1.82, 2.24) is 29.6 Å². The topological polar surface area (TPSA) is 65.9 Å². The van der Waals surface area contributed by atoms with Crippen LogP contribution in [0.3, 0.4) is 0 Å². The molecule has 1 aliphatic rings. The molecule has 154 valence electrons. The number of imidazole rings is 1. The first kappa shape index (κ1) is 19.1. The van der Waals surface area contributed by atoms with Crippen molar-refractivity contribution < 1.29 is 0 Å². The molecule has 0 saturated carbocycles. The van der Waals surface area contributed by atoms with Gasteiger partial charge < -0.3 is 14.8 Å². The van der Waals surface area contributed by atoms with E-state index in [1.54, 1.807) is 12.4 Å². The van der Waals surface area contributed by atoms with E-state index in [9.17, 15) is 0 Å². The number of rotatable bonds is 5. The number of H-pyrrole nitrogens is 1. The standard InChI is InChI=1S/C22H24ClN7/c1-2-28-10-12-29(13-11-28)20-18(23)14-24-22-19(20)26-21(27-22)17-6-4-16(5-7-17)15-30-9-3-8-25-30/h3-9,14H,2,10-13,15H2,1H3,(H,24,26,27). The Hall–Kier alpha value is -2.90. The summed E-state index contributed by atoms with van der Waals surface area (Å²) in [5.41, 5.74) is 4.80. The van der Waals surface area contributed by atoms with Crippen LogP contribution in [0.25, 0.3) is 22.6 Å². The molecule has 1 aromatic carbocycles. The maximum atomic E-state index is 6.57. The molecule has 7 nitrogen and oxygen atoms in total. The number of benzene rings is 1. The number of anilines is 1. The van der Waals surface area contributed by atoms with Crippen LogP contribution in [-0.2, 0) is 6.54 Å². The summed E-state index contributed by atoms with van der Waals surface area (Å²) in [6.07, 6.45) is 5.48. The van der Waals surface area contributed by atoms with Crippen LogP contribution < -0.4 is 4.90 Å². The highest BCUT2D eigenvalue weighted by atomic mass is 35.5. The molecule has 4 aromatic rings. The smallest absolute Gasteiger partial charge is 0.159 e. The minimum atomic E-state index is 0.653. The molecule has 4 heterocycles. The van der Waals surface area contributed by atoms with Gasteiger partial charge in [0.15, 0.2) is 5.65 Å². The monoisotopic (exact) mass is 421 g/mol. The lowest BCUT2D eigenvalue weighted by Crippen LogP contribution is -2.46. The molecule has 1 fully saturated rings. The molecule has 3 aromatic heterocycles. The van der Waals surface area contributed by atoms with E-state index in [-0.39, 0.29) is 0 Å². The summed E-state index contributed by atoms with van der Waals surface area (Å²) in [6.45, 7) is 7.98. The lowest BCUT2D eigenvalue weighted by Gasteiger charge is -2.35. The Bertz CT molecular complexity index is 1130. The number of piperazine rings is 1. The van der Waals surface area contributed by atoms with Gasteiger partial charge in [-0.25, -0.2) is 9.97 Å².